The second kappa shape index (κ2) is 15.6. The molecule has 0 radical (unpaired) electrons. The normalized spacial score (nSPS) is 12.3. The van der Waals surface area contributed by atoms with Crippen LogP contribution in [0.25, 0.3) is 0 Å². The van der Waals surface area contributed by atoms with Crippen molar-refractivity contribution in [2.75, 3.05) is 6.61 Å². The SMILES string of the molecule is CCCCCCCCCCOc1ccc(C(=O)Oc2ccc(OC(=O)C(C)(C#N)CCC)cc2)cc1. The molecule has 36 heavy (non-hydrogen) atoms. The van der Waals surface area contributed by atoms with Crippen molar-refractivity contribution in [1.82, 2.24) is 0 Å². The molecule has 0 fully saturated rings. The molecule has 0 aliphatic carbocycles. The zero-order valence-corrected chi connectivity index (χ0v) is 21.9. The van der Waals surface area contributed by atoms with Gasteiger partial charge in [0.1, 0.15) is 17.2 Å². The van der Waals surface area contributed by atoms with E-state index in [1.165, 1.54) is 57.1 Å². The number of nitrogens with zero attached hydrogens (tertiary/aromatic N) is 1. The van der Waals surface area contributed by atoms with E-state index in [2.05, 4.69) is 6.92 Å². The molecule has 2 aromatic carbocycles. The molecule has 1 unspecified atom stereocenters. The fourth-order valence-corrected chi connectivity index (χ4v) is 3.78. The molecule has 0 aromatic heterocycles. The monoisotopic (exact) mass is 493 g/mol. The van der Waals surface area contributed by atoms with Crippen molar-refractivity contribution in [3.63, 3.8) is 0 Å². The number of ether oxygens (including phenoxy) is 3. The molecule has 0 bridgehead atoms. The second-order valence-electron chi connectivity index (χ2n) is 9.29. The number of esters is 2. The minimum atomic E-state index is -1.19. The van der Waals surface area contributed by atoms with Crippen LogP contribution in [0.4, 0.5) is 0 Å². The summed E-state index contributed by atoms with van der Waals surface area (Å²) in [5.41, 5.74) is -0.779. The van der Waals surface area contributed by atoms with Gasteiger partial charge in [-0.3, -0.25) is 0 Å². The number of rotatable bonds is 16. The van der Waals surface area contributed by atoms with Gasteiger partial charge in [-0.2, -0.15) is 5.26 Å². The smallest absolute Gasteiger partial charge is 0.343 e. The maximum absolute atomic E-state index is 12.5. The standard InChI is InChI=1S/C30H39NO5/c1-4-6-7-8-9-10-11-12-22-34-25-15-13-24(14-16-25)28(32)35-26-17-19-27(20-18-26)36-29(33)30(3,23-31)21-5-2/h13-20H,4-12,21-22H2,1-3H3. The van der Waals surface area contributed by atoms with Gasteiger partial charge in [-0.1, -0.05) is 65.2 Å². The first-order valence-corrected chi connectivity index (χ1v) is 13.1. The lowest BCUT2D eigenvalue weighted by atomic mass is 9.87. The molecule has 1 atom stereocenters. The van der Waals surface area contributed by atoms with Gasteiger partial charge < -0.3 is 14.2 Å². The van der Waals surface area contributed by atoms with Crippen molar-refractivity contribution < 1.29 is 23.8 Å². The van der Waals surface area contributed by atoms with E-state index in [0.29, 0.717) is 30.8 Å². The van der Waals surface area contributed by atoms with E-state index in [9.17, 15) is 14.9 Å². The average Bonchev–Trinajstić information content (AvgIpc) is 2.89. The Bertz CT molecular complexity index is 978. The van der Waals surface area contributed by atoms with E-state index in [0.717, 1.165) is 12.2 Å². The van der Waals surface area contributed by atoms with Crippen LogP contribution in [-0.4, -0.2) is 18.5 Å². The predicted octanol–water partition coefficient (Wildman–Crippen LogP) is 7.66. The fraction of sp³-hybridized carbons (Fsp3) is 0.500. The Morgan fingerprint density at radius 3 is 1.83 bits per heavy atom. The number of carbonyl (C=O) groups is 2. The van der Waals surface area contributed by atoms with Crippen molar-refractivity contribution in [1.29, 1.82) is 5.26 Å². The molecule has 6 nitrogen and oxygen atoms in total. The van der Waals surface area contributed by atoms with Crippen LogP contribution < -0.4 is 14.2 Å². The van der Waals surface area contributed by atoms with E-state index in [4.69, 9.17) is 14.2 Å². The van der Waals surface area contributed by atoms with Gasteiger partial charge in [-0.15, -0.1) is 0 Å². The maximum Gasteiger partial charge on any atom is 0.343 e. The van der Waals surface area contributed by atoms with Crippen molar-refractivity contribution in [2.24, 2.45) is 5.41 Å². The number of carbonyl (C=O) groups excluding carboxylic acids is 2. The van der Waals surface area contributed by atoms with Crippen molar-refractivity contribution in [3.8, 4) is 23.3 Å². The summed E-state index contributed by atoms with van der Waals surface area (Å²) >= 11 is 0. The molecule has 0 saturated heterocycles. The summed E-state index contributed by atoms with van der Waals surface area (Å²) in [5, 5.41) is 9.32. The molecular weight excluding hydrogens is 454 g/mol. The molecule has 2 rings (SSSR count). The van der Waals surface area contributed by atoms with Gasteiger partial charge in [0.25, 0.3) is 0 Å². The first kappa shape index (κ1) is 28.9. The van der Waals surface area contributed by atoms with Gasteiger partial charge in [0.05, 0.1) is 18.2 Å². The molecule has 0 heterocycles. The Hall–Kier alpha value is -3.33. The molecule has 2 aromatic rings. The average molecular weight is 494 g/mol. The lowest BCUT2D eigenvalue weighted by Crippen LogP contribution is -2.30. The van der Waals surface area contributed by atoms with Gasteiger partial charge in [-0.25, -0.2) is 9.59 Å². The third kappa shape index (κ3) is 9.73. The number of benzene rings is 2. The highest BCUT2D eigenvalue weighted by Gasteiger charge is 2.34. The minimum absolute atomic E-state index is 0.287. The summed E-state index contributed by atoms with van der Waals surface area (Å²) in [4.78, 5) is 24.8. The van der Waals surface area contributed by atoms with E-state index < -0.39 is 17.4 Å². The van der Waals surface area contributed by atoms with Crippen molar-refractivity contribution in [2.45, 2.75) is 85.0 Å². The van der Waals surface area contributed by atoms with Gasteiger partial charge in [0, 0.05) is 0 Å². The van der Waals surface area contributed by atoms with Crippen molar-refractivity contribution >= 4 is 11.9 Å². The third-order valence-electron chi connectivity index (χ3n) is 6.05. The van der Waals surface area contributed by atoms with Crippen LogP contribution in [0.5, 0.6) is 17.2 Å². The first-order valence-electron chi connectivity index (χ1n) is 13.1. The summed E-state index contributed by atoms with van der Waals surface area (Å²) in [5.74, 6) is 0.255. The van der Waals surface area contributed by atoms with Gasteiger partial charge in [-0.05, 0) is 68.3 Å². The highest BCUT2D eigenvalue weighted by Crippen LogP contribution is 2.27. The van der Waals surface area contributed by atoms with E-state index in [-0.39, 0.29) is 5.75 Å². The Labute approximate surface area is 215 Å². The number of hydrogen-bond acceptors (Lipinski definition) is 6. The third-order valence-corrected chi connectivity index (χ3v) is 6.05. The lowest BCUT2D eigenvalue weighted by Gasteiger charge is -2.18. The van der Waals surface area contributed by atoms with Gasteiger partial charge >= 0.3 is 11.9 Å². The Morgan fingerprint density at radius 1 is 0.750 bits per heavy atom. The molecule has 0 N–H and O–H groups in total. The molecule has 0 aliphatic rings. The molecule has 0 saturated carbocycles. The van der Waals surface area contributed by atoms with Crippen LogP contribution in [0.2, 0.25) is 0 Å². The highest BCUT2D eigenvalue weighted by atomic mass is 16.5. The zero-order chi connectivity index (χ0) is 26.2. The fourth-order valence-electron chi connectivity index (χ4n) is 3.78. The number of hydrogen-bond donors (Lipinski definition) is 0. The van der Waals surface area contributed by atoms with Crippen LogP contribution in [0, 0.1) is 16.7 Å². The van der Waals surface area contributed by atoms with Gasteiger partial charge in [0.15, 0.2) is 5.41 Å². The largest absolute Gasteiger partial charge is 0.494 e. The van der Waals surface area contributed by atoms with Crippen molar-refractivity contribution in [3.05, 3.63) is 54.1 Å². The molecular formula is C30H39NO5. The van der Waals surface area contributed by atoms with E-state index in [1.54, 1.807) is 43.3 Å². The molecule has 0 aliphatic heterocycles. The summed E-state index contributed by atoms with van der Waals surface area (Å²) < 4.78 is 16.5. The zero-order valence-electron chi connectivity index (χ0n) is 21.9. The molecule has 6 heteroatoms. The summed E-state index contributed by atoms with van der Waals surface area (Å²) in [6.07, 6.45) is 11.1. The highest BCUT2D eigenvalue weighted by molar-refractivity contribution is 5.91. The maximum atomic E-state index is 12.5. The molecule has 0 spiro atoms. The summed E-state index contributed by atoms with van der Waals surface area (Å²) in [6, 6.07) is 15.1. The topological polar surface area (TPSA) is 85.6 Å². The van der Waals surface area contributed by atoms with E-state index in [1.807, 2.05) is 13.0 Å². The van der Waals surface area contributed by atoms with Crippen LogP contribution >= 0.6 is 0 Å². The van der Waals surface area contributed by atoms with Gasteiger partial charge in [0.2, 0.25) is 0 Å². The molecule has 194 valence electrons. The summed E-state index contributed by atoms with van der Waals surface area (Å²) in [7, 11) is 0. The van der Waals surface area contributed by atoms with E-state index >= 15 is 0 Å². The van der Waals surface area contributed by atoms with Crippen LogP contribution in [0.3, 0.4) is 0 Å². The minimum Gasteiger partial charge on any atom is -0.494 e. The Kier molecular flexibility index (Phi) is 12.5. The number of unbranched alkanes of at least 4 members (excludes halogenated alkanes) is 7. The van der Waals surface area contributed by atoms with Crippen LogP contribution in [0.15, 0.2) is 48.5 Å². The second-order valence-corrected chi connectivity index (χ2v) is 9.29. The van der Waals surface area contributed by atoms with Crippen LogP contribution in [-0.2, 0) is 4.79 Å². The lowest BCUT2D eigenvalue weighted by molar-refractivity contribution is -0.142. The number of nitriles is 1. The molecule has 0 amide bonds. The quantitative estimate of drug-likeness (QED) is 0.136. The Balaban J connectivity index is 1.75. The first-order chi connectivity index (χ1) is 17.4. The Morgan fingerprint density at radius 2 is 1.28 bits per heavy atom. The predicted molar refractivity (Wildman–Crippen MR) is 140 cm³/mol. The van der Waals surface area contributed by atoms with Crippen LogP contribution in [0.1, 0.15) is 95.3 Å². The summed E-state index contributed by atoms with van der Waals surface area (Å²) in [6.45, 7) is 6.38.